The van der Waals surface area contributed by atoms with Crippen molar-refractivity contribution in [2.75, 3.05) is 5.32 Å². The number of Topliss-reactive ketones (excluding diaryl/α,β-unsaturated/α-hetero) is 1. The molecule has 0 fully saturated rings. The van der Waals surface area contributed by atoms with Gasteiger partial charge in [0.15, 0.2) is 5.78 Å². The number of fused-ring (bicyclic) bond motifs is 1. The smallest absolute Gasteiger partial charge is 0.167 e. The van der Waals surface area contributed by atoms with Crippen LogP contribution < -0.4 is 5.32 Å². The third-order valence-corrected chi connectivity index (χ3v) is 3.43. The first-order valence-corrected chi connectivity index (χ1v) is 6.19. The predicted molar refractivity (Wildman–Crippen MR) is 72.9 cm³/mol. The molecule has 0 saturated carbocycles. The topological polar surface area (TPSA) is 29.1 Å². The van der Waals surface area contributed by atoms with Gasteiger partial charge in [-0.2, -0.15) is 0 Å². The monoisotopic (exact) mass is 237 g/mol. The maximum atomic E-state index is 12.1. The van der Waals surface area contributed by atoms with Crippen molar-refractivity contribution in [3.63, 3.8) is 0 Å². The van der Waals surface area contributed by atoms with Crippen LogP contribution in [-0.4, -0.2) is 5.78 Å². The zero-order chi connectivity index (χ0) is 12.5. The van der Waals surface area contributed by atoms with Crippen molar-refractivity contribution in [2.24, 2.45) is 0 Å². The molecule has 0 bridgehead atoms. The first-order chi connectivity index (χ1) is 8.74. The van der Waals surface area contributed by atoms with E-state index >= 15 is 0 Å². The van der Waals surface area contributed by atoms with Crippen LogP contribution in [0, 0.1) is 6.92 Å². The summed E-state index contributed by atoms with van der Waals surface area (Å²) in [6, 6.07) is 16.2. The summed E-state index contributed by atoms with van der Waals surface area (Å²) >= 11 is 0. The Balaban J connectivity index is 1.94. The Hall–Kier alpha value is -2.09. The highest BCUT2D eigenvalue weighted by Crippen LogP contribution is 2.32. The van der Waals surface area contributed by atoms with Crippen LogP contribution in [0.25, 0.3) is 0 Å². The number of hydrogen-bond acceptors (Lipinski definition) is 2. The van der Waals surface area contributed by atoms with E-state index in [4.69, 9.17) is 0 Å². The summed E-state index contributed by atoms with van der Waals surface area (Å²) in [5.41, 5.74) is 4.16. The molecule has 1 unspecified atom stereocenters. The second kappa shape index (κ2) is 4.30. The lowest BCUT2D eigenvalue weighted by Crippen LogP contribution is -2.22. The Bertz CT molecular complexity index is 586. The highest BCUT2D eigenvalue weighted by atomic mass is 16.1. The van der Waals surface area contributed by atoms with Crippen LogP contribution in [0.3, 0.4) is 0 Å². The maximum absolute atomic E-state index is 12.1. The average molecular weight is 237 g/mol. The lowest BCUT2D eigenvalue weighted by molar-refractivity contribution is 0.0972. The van der Waals surface area contributed by atoms with Gasteiger partial charge in [0.1, 0.15) is 0 Å². The molecule has 2 aromatic rings. The Morgan fingerprint density at radius 3 is 2.56 bits per heavy atom. The molecule has 0 amide bonds. The molecular formula is C16H15NO. The maximum Gasteiger partial charge on any atom is 0.167 e. The normalized spacial score (nSPS) is 18.1. The zero-order valence-corrected chi connectivity index (χ0v) is 10.3. The fraction of sp³-hybridized carbons (Fsp3) is 0.188. The number of anilines is 1. The quantitative estimate of drug-likeness (QED) is 0.818. The molecule has 3 rings (SSSR count). The molecule has 18 heavy (non-hydrogen) atoms. The third kappa shape index (κ3) is 1.90. The van der Waals surface area contributed by atoms with Crippen LogP contribution in [-0.2, 0) is 0 Å². The van der Waals surface area contributed by atoms with Crippen molar-refractivity contribution in [1.82, 2.24) is 0 Å². The molecule has 0 aliphatic carbocycles. The van der Waals surface area contributed by atoms with E-state index in [9.17, 15) is 4.79 Å². The van der Waals surface area contributed by atoms with Gasteiger partial charge < -0.3 is 5.32 Å². The minimum atomic E-state index is 0.0907. The standard InChI is InChI=1S/C16H15NO/c1-11-6-8-12(9-7-11)15-10-16(18)13-4-2-3-5-14(13)17-15/h2-9,15,17H,10H2,1H3. The van der Waals surface area contributed by atoms with Gasteiger partial charge in [0.2, 0.25) is 0 Å². The first kappa shape index (κ1) is 11.0. The SMILES string of the molecule is Cc1ccc(C2CC(=O)c3ccccc3N2)cc1. The lowest BCUT2D eigenvalue weighted by atomic mass is 9.92. The summed E-state index contributed by atoms with van der Waals surface area (Å²) in [4.78, 5) is 12.1. The van der Waals surface area contributed by atoms with E-state index in [1.165, 1.54) is 11.1 Å². The van der Waals surface area contributed by atoms with Crippen LogP contribution in [0.5, 0.6) is 0 Å². The molecule has 0 spiro atoms. The molecule has 0 radical (unpaired) electrons. The summed E-state index contributed by atoms with van der Waals surface area (Å²) in [7, 11) is 0. The summed E-state index contributed by atoms with van der Waals surface area (Å²) in [5, 5.41) is 3.44. The predicted octanol–water partition coefficient (Wildman–Crippen LogP) is 3.73. The van der Waals surface area contributed by atoms with Gasteiger partial charge in [-0.25, -0.2) is 0 Å². The van der Waals surface area contributed by atoms with E-state index in [0.29, 0.717) is 6.42 Å². The van der Waals surface area contributed by atoms with Crippen molar-refractivity contribution in [3.05, 3.63) is 65.2 Å². The highest BCUT2D eigenvalue weighted by Gasteiger charge is 2.24. The summed E-state index contributed by atoms with van der Waals surface area (Å²) in [6.45, 7) is 2.07. The van der Waals surface area contributed by atoms with Crippen LogP contribution in [0.4, 0.5) is 5.69 Å². The van der Waals surface area contributed by atoms with E-state index in [1.54, 1.807) is 0 Å². The van der Waals surface area contributed by atoms with E-state index in [2.05, 4.69) is 36.5 Å². The van der Waals surface area contributed by atoms with Crippen LogP contribution >= 0.6 is 0 Å². The molecule has 90 valence electrons. The lowest BCUT2D eigenvalue weighted by Gasteiger charge is -2.26. The van der Waals surface area contributed by atoms with Crippen molar-refractivity contribution < 1.29 is 4.79 Å². The Labute approximate surface area is 107 Å². The summed E-state index contributed by atoms with van der Waals surface area (Å²) in [5.74, 6) is 0.218. The molecule has 0 aromatic heterocycles. The largest absolute Gasteiger partial charge is 0.377 e. The van der Waals surface area contributed by atoms with Crippen LogP contribution in [0.2, 0.25) is 0 Å². The van der Waals surface area contributed by atoms with Gasteiger partial charge in [-0.15, -0.1) is 0 Å². The molecule has 0 saturated heterocycles. The molecule has 1 N–H and O–H groups in total. The van der Waals surface area contributed by atoms with Gasteiger partial charge in [0.05, 0.1) is 6.04 Å². The fourth-order valence-corrected chi connectivity index (χ4v) is 2.39. The first-order valence-electron chi connectivity index (χ1n) is 6.19. The Morgan fingerprint density at radius 2 is 1.78 bits per heavy atom. The third-order valence-electron chi connectivity index (χ3n) is 3.43. The number of carbonyl (C=O) groups excluding carboxylic acids is 1. The molecular weight excluding hydrogens is 222 g/mol. The minimum Gasteiger partial charge on any atom is -0.377 e. The Morgan fingerprint density at radius 1 is 1.06 bits per heavy atom. The van der Waals surface area contributed by atoms with Crippen molar-refractivity contribution in [2.45, 2.75) is 19.4 Å². The van der Waals surface area contributed by atoms with Crippen LogP contribution in [0.15, 0.2) is 48.5 Å². The molecule has 1 aliphatic heterocycles. The number of rotatable bonds is 1. The second-order valence-electron chi connectivity index (χ2n) is 4.78. The van der Waals surface area contributed by atoms with Gasteiger partial charge in [-0.05, 0) is 24.6 Å². The van der Waals surface area contributed by atoms with E-state index in [0.717, 1.165) is 11.3 Å². The molecule has 1 aliphatic rings. The van der Waals surface area contributed by atoms with E-state index in [1.807, 2.05) is 24.3 Å². The minimum absolute atomic E-state index is 0.0907. The van der Waals surface area contributed by atoms with E-state index < -0.39 is 0 Å². The van der Waals surface area contributed by atoms with Gasteiger partial charge in [-0.3, -0.25) is 4.79 Å². The van der Waals surface area contributed by atoms with Crippen molar-refractivity contribution in [3.8, 4) is 0 Å². The van der Waals surface area contributed by atoms with Crippen molar-refractivity contribution >= 4 is 11.5 Å². The molecule has 2 aromatic carbocycles. The molecule has 1 atom stereocenters. The summed E-state index contributed by atoms with van der Waals surface area (Å²) < 4.78 is 0. The highest BCUT2D eigenvalue weighted by molar-refractivity contribution is 6.03. The summed E-state index contributed by atoms with van der Waals surface area (Å²) in [6.07, 6.45) is 0.528. The Kier molecular flexibility index (Phi) is 2.63. The van der Waals surface area contributed by atoms with E-state index in [-0.39, 0.29) is 11.8 Å². The molecule has 2 nitrogen and oxygen atoms in total. The number of aryl methyl sites for hydroxylation is 1. The number of para-hydroxylation sites is 1. The zero-order valence-electron chi connectivity index (χ0n) is 10.3. The van der Waals surface area contributed by atoms with Gasteiger partial charge in [0, 0.05) is 17.7 Å². The van der Waals surface area contributed by atoms with Gasteiger partial charge in [-0.1, -0.05) is 42.0 Å². The number of nitrogens with one attached hydrogen (secondary N) is 1. The molecule has 1 heterocycles. The number of ketones is 1. The fourth-order valence-electron chi connectivity index (χ4n) is 2.39. The number of carbonyl (C=O) groups is 1. The number of benzene rings is 2. The van der Waals surface area contributed by atoms with Crippen molar-refractivity contribution in [1.29, 1.82) is 0 Å². The van der Waals surface area contributed by atoms with Gasteiger partial charge in [0.25, 0.3) is 0 Å². The second-order valence-corrected chi connectivity index (χ2v) is 4.78. The average Bonchev–Trinajstić information content (AvgIpc) is 2.39. The number of hydrogen-bond donors (Lipinski definition) is 1. The van der Waals surface area contributed by atoms with Crippen LogP contribution in [0.1, 0.15) is 33.9 Å². The molecule has 2 heteroatoms. The van der Waals surface area contributed by atoms with Gasteiger partial charge >= 0.3 is 0 Å².